The number of nitrogens with zero attached hydrogens (tertiary/aromatic N) is 2. The van der Waals surface area contributed by atoms with E-state index in [2.05, 4.69) is 5.16 Å². The molecule has 0 atom stereocenters. The Labute approximate surface area is 92.9 Å². The third-order valence-corrected chi connectivity index (χ3v) is 2.20. The zero-order valence-corrected chi connectivity index (χ0v) is 9.46. The van der Waals surface area contributed by atoms with Crippen LogP contribution in [0.3, 0.4) is 0 Å². The van der Waals surface area contributed by atoms with Gasteiger partial charge in [0.25, 0.3) is 0 Å². The molecule has 0 aromatic heterocycles. The van der Waals surface area contributed by atoms with Crippen LogP contribution in [-0.2, 0) is 0 Å². The van der Waals surface area contributed by atoms with E-state index >= 15 is 0 Å². The van der Waals surface area contributed by atoms with Gasteiger partial charge in [0.15, 0.2) is 0 Å². The molecular formula is C9H18F3N3O. The molecule has 3 N–H and O–H groups in total. The van der Waals surface area contributed by atoms with Gasteiger partial charge < -0.3 is 15.8 Å². The van der Waals surface area contributed by atoms with Gasteiger partial charge in [0.2, 0.25) is 0 Å². The van der Waals surface area contributed by atoms with Gasteiger partial charge in [0, 0.05) is 25.6 Å². The van der Waals surface area contributed by atoms with Gasteiger partial charge in [-0.3, -0.25) is 0 Å². The fourth-order valence-corrected chi connectivity index (χ4v) is 1.21. The number of rotatable bonds is 6. The second kappa shape index (κ2) is 6.57. The lowest BCUT2D eigenvalue weighted by Gasteiger charge is -2.26. The van der Waals surface area contributed by atoms with E-state index in [-0.39, 0.29) is 24.8 Å². The predicted octanol–water partition coefficient (Wildman–Crippen LogP) is 1.79. The number of oxime groups is 1. The second-order valence-electron chi connectivity index (χ2n) is 3.84. The Kier molecular flexibility index (Phi) is 6.17. The van der Waals surface area contributed by atoms with Gasteiger partial charge in [-0.15, -0.1) is 0 Å². The van der Waals surface area contributed by atoms with Crippen LogP contribution in [0.4, 0.5) is 13.2 Å². The van der Waals surface area contributed by atoms with E-state index in [0.29, 0.717) is 6.54 Å². The molecule has 0 rings (SSSR count). The van der Waals surface area contributed by atoms with Crippen molar-refractivity contribution in [3.63, 3.8) is 0 Å². The summed E-state index contributed by atoms with van der Waals surface area (Å²) in [5.41, 5.74) is 5.25. The van der Waals surface area contributed by atoms with Crippen molar-refractivity contribution in [2.75, 3.05) is 13.1 Å². The quantitative estimate of drug-likeness (QED) is 0.322. The van der Waals surface area contributed by atoms with Gasteiger partial charge >= 0.3 is 6.18 Å². The third kappa shape index (κ3) is 7.33. The second-order valence-corrected chi connectivity index (χ2v) is 3.84. The van der Waals surface area contributed by atoms with E-state index in [1.54, 1.807) is 4.90 Å². The minimum Gasteiger partial charge on any atom is -0.409 e. The first kappa shape index (κ1) is 15.0. The third-order valence-electron chi connectivity index (χ3n) is 2.20. The van der Waals surface area contributed by atoms with Crippen LogP contribution in [0, 0.1) is 0 Å². The average Bonchev–Trinajstić information content (AvgIpc) is 2.14. The fourth-order valence-electron chi connectivity index (χ4n) is 1.21. The zero-order chi connectivity index (χ0) is 12.8. The highest BCUT2D eigenvalue weighted by Gasteiger charge is 2.28. The van der Waals surface area contributed by atoms with E-state index < -0.39 is 12.6 Å². The summed E-state index contributed by atoms with van der Waals surface area (Å²) in [4.78, 5) is 1.64. The monoisotopic (exact) mass is 241 g/mol. The van der Waals surface area contributed by atoms with E-state index in [4.69, 9.17) is 10.9 Å². The first-order valence-corrected chi connectivity index (χ1v) is 5.03. The van der Waals surface area contributed by atoms with Gasteiger partial charge in [0.1, 0.15) is 5.84 Å². The summed E-state index contributed by atoms with van der Waals surface area (Å²) in [6.45, 7) is 3.90. The number of alkyl halides is 3. The van der Waals surface area contributed by atoms with Gasteiger partial charge in [-0.25, -0.2) is 0 Å². The Morgan fingerprint density at radius 3 is 2.31 bits per heavy atom. The van der Waals surface area contributed by atoms with Crippen molar-refractivity contribution in [3.8, 4) is 0 Å². The molecule has 0 aliphatic rings. The Balaban J connectivity index is 4.09. The molecule has 0 aliphatic heterocycles. The molecule has 0 bridgehead atoms. The topological polar surface area (TPSA) is 61.8 Å². The molecule has 0 unspecified atom stereocenters. The van der Waals surface area contributed by atoms with E-state index in [9.17, 15) is 13.2 Å². The molecule has 0 spiro atoms. The van der Waals surface area contributed by atoms with Crippen molar-refractivity contribution in [1.29, 1.82) is 0 Å². The van der Waals surface area contributed by atoms with Crippen LogP contribution in [0.5, 0.6) is 0 Å². The molecule has 4 nitrogen and oxygen atoms in total. The highest BCUT2D eigenvalue weighted by atomic mass is 19.4. The summed E-state index contributed by atoms with van der Waals surface area (Å²) in [6, 6.07) is -0.00570. The standard InChI is InChI=1S/C9H18F3N3O/c1-7(2)15(5-3-8(13)14-16)6-4-9(10,11)12/h7,16H,3-6H2,1-2H3,(H2,13,14). The highest BCUT2D eigenvalue weighted by Crippen LogP contribution is 2.20. The average molecular weight is 241 g/mol. The van der Waals surface area contributed by atoms with Crippen LogP contribution in [0.1, 0.15) is 26.7 Å². The van der Waals surface area contributed by atoms with Gasteiger partial charge in [-0.05, 0) is 13.8 Å². The van der Waals surface area contributed by atoms with Crippen LogP contribution >= 0.6 is 0 Å². The number of hydrogen-bond acceptors (Lipinski definition) is 3. The first-order chi connectivity index (χ1) is 7.26. The first-order valence-electron chi connectivity index (χ1n) is 5.03. The van der Waals surface area contributed by atoms with Crippen molar-refractivity contribution in [2.24, 2.45) is 10.9 Å². The van der Waals surface area contributed by atoms with Crippen LogP contribution in [0.15, 0.2) is 5.16 Å². The normalized spacial score (nSPS) is 13.8. The highest BCUT2D eigenvalue weighted by molar-refractivity contribution is 5.79. The smallest absolute Gasteiger partial charge is 0.390 e. The molecule has 0 aromatic carbocycles. The SMILES string of the molecule is CC(C)N(CCC(N)=NO)CCC(F)(F)F. The van der Waals surface area contributed by atoms with Crippen LogP contribution < -0.4 is 5.73 Å². The number of hydrogen-bond donors (Lipinski definition) is 2. The maximum atomic E-state index is 12.0. The maximum absolute atomic E-state index is 12.0. The van der Waals surface area contributed by atoms with Crippen molar-refractivity contribution >= 4 is 5.84 Å². The fraction of sp³-hybridized carbons (Fsp3) is 0.889. The van der Waals surface area contributed by atoms with Crippen molar-refractivity contribution < 1.29 is 18.4 Å². The Morgan fingerprint density at radius 2 is 1.94 bits per heavy atom. The lowest BCUT2D eigenvalue weighted by molar-refractivity contribution is -0.138. The summed E-state index contributed by atoms with van der Waals surface area (Å²) in [5, 5.41) is 11.1. The van der Waals surface area contributed by atoms with Gasteiger partial charge in [-0.2, -0.15) is 13.2 Å². The lowest BCUT2D eigenvalue weighted by atomic mass is 10.2. The zero-order valence-electron chi connectivity index (χ0n) is 9.46. The minimum atomic E-state index is -4.15. The van der Waals surface area contributed by atoms with Crippen molar-refractivity contribution in [2.45, 2.75) is 38.9 Å². The predicted molar refractivity (Wildman–Crippen MR) is 55.4 cm³/mol. The molecule has 0 saturated heterocycles. The molecule has 0 aliphatic carbocycles. The number of halogens is 3. The lowest BCUT2D eigenvalue weighted by Crippen LogP contribution is -2.36. The van der Waals surface area contributed by atoms with E-state index in [0.717, 1.165) is 0 Å². The van der Waals surface area contributed by atoms with Crippen molar-refractivity contribution in [1.82, 2.24) is 4.90 Å². The maximum Gasteiger partial charge on any atom is 0.390 e. The molecule has 0 heterocycles. The largest absolute Gasteiger partial charge is 0.409 e. The van der Waals surface area contributed by atoms with Gasteiger partial charge in [0.05, 0.1) is 6.42 Å². The summed E-state index contributed by atoms with van der Waals surface area (Å²) in [6.07, 6.45) is -4.74. The summed E-state index contributed by atoms with van der Waals surface area (Å²) in [5.74, 6) is 0.0256. The summed E-state index contributed by atoms with van der Waals surface area (Å²) in [7, 11) is 0. The molecule has 0 saturated carbocycles. The molecule has 7 heteroatoms. The summed E-state index contributed by atoms with van der Waals surface area (Å²) >= 11 is 0. The molecule has 0 amide bonds. The van der Waals surface area contributed by atoms with Crippen LogP contribution in [0.25, 0.3) is 0 Å². The molecular weight excluding hydrogens is 223 g/mol. The Hall–Kier alpha value is -0.980. The van der Waals surface area contributed by atoms with Gasteiger partial charge in [-0.1, -0.05) is 5.16 Å². The van der Waals surface area contributed by atoms with E-state index in [1.807, 2.05) is 13.8 Å². The molecule has 0 fully saturated rings. The number of nitrogens with two attached hydrogens (primary N) is 1. The Morgan fingerprint density at radius 1 is 1.38 bits per heavy atom. The molecule has 96 valence electrons. The van der Waals surface area contributed by atoms with Crippen molar-refractivity contribution in [3.05, 3.63) is 0 Å². The van der Waals surface area contributed by atoms with E-state index in [1.165, 1.54) is 0 Å². The Bertz CT molecular complexity index is 229. The van der Waals surface area contributed by atoms with Crippen LogP contribution in [0.2, 0.25) is 0 Å². The van der Waals surface area contributed by atoms with Crippen LogP contribution in [-0.4, -0.2) is 41.3 Å². The minimum absolute atomic E-state index is 0.00570. The molecule has 0 aromatic rings. The molecule has 0 radical (unpaired) electrons. The molecule has 16 heavy (non-hydrogen) atoms. The number of amidine groups is 1. The summed E-state index contributed by atoms with van der Waals surface area (Å²) < 4.78 is 36.1.